The van der Waals surface area contributed by atoms with E-state index in [1.54, 1.807) is 0 Å². The Kier molecular flexibility index (Phi) is 6.64. The van der Waals surface area contributed by atoms with Gasteiger partial charge in [-0.3, -0.25) is 0 Å². The largest absolute Gasteiger partial charge is 0.0880 e. The van der Waals surface area contributed by atoms with Crippen LogP contribution in [0.1, 0.15) is 112 Å². The van der Waals surface area contributed by atoms with Crippen molar-refractivity contribution in [3.8, 4) is 0 Å². The second-order valence-corrected chi connectivity index (χ2v) is 12.5. The zero-order valence-electron chi connectivity index (χ0n) is 21.1. The zero-order chi connectivity index (χ0) is 21.5. The molecule has 4 rings (SSSR count). The monoisotopic (exact) mass is 410 g/mol. The average Bonchev–Trinajstić information content (AvgIpc) is 3.09. The topological polar surface area (TPSA) is 0 Å². The summed E-state index contributed by atoms with van der Waals surface area (Å²) in [6.07, 6.45) is 23.5. The van der Waals surface area contributed by atoms with Crippen molar-refractivity contribution in [2.75, 3.05) is 0 Å². The summed E-state index contributed by atoms with van der Waals surface area (Å²) in [5.74, 6) is 6.39. The van der Waals surface area contributed by atoms with Gasteiger partial charge in [-0.1, -0.05) is 78.2 Å². The molecule has 0 aliphatic heterocycles. The number of rotatable bonds is 6. The van der Waals surface area contributed by atoms with Crippen molar-refractivity contribution in [1.29, 1.82) is 0 Å². The molecule has 0 spiro atoms. The van der Waals surface area contributed by atoms with Gasteiger partial charge in [0.25, 0.3) is 0 Å². The summed E-state index contributed by atoms with van der Waals surface area (Å²) in [6, 6.07) is 0. The maximum absolute atomic E-state index is 2.74. The van der Waals surface area contributed by atoms with E-state index in [1.165, 1.54) is 70.6 Å². The Balaban J connectivity index is 1.48. The fourth-order valence-corrected chi connectivity index (χ4v) is 8.99. The summed E-state index contributed by atoms with van der Waals surface area (Å²) in [7, 11) is 0. The molecule has 0 radical (unpaired) electrons. The van der Waals surface area contributed by atoms with E-state index >= 15 is 0 Å². The first-order chi connectivity index (χ1) is 14.3. The van der Waals surface area contributed by atoms with Crippen molar-refractivity contribution in [3.63, 3.8) is 0 Å². The predicted octanol–water partition coefficient (Wildman–Crippen LogP) is 9.22. The van der Waals surface area contributed by atoms with E-state index in [4.69, 9.17) is 0 Å². The van der Waals surface area contributed by atoms with Gasteiger partial charge in [0.05, 0.1) is 0 Å². The third-order valence-electron chi connectivity index (χ3n) is 11.1. The molecule has 0 aromatic heterocycles. The van der Waals surface area contributed by atoms with E-state index in [-0.39, 0.29) is 0 Å². The van der Waals surface area contributed by atoms with Crippen molar-refractivity contribution >= 4 is 0 Å². The minimum atomic E-state index is 0.537. The van der Waals surface area contributed by atoms with Crippen LogP contribution >= 0.6 is 0 Å². The molecule has 0 amide bonds. The maximum atomic E-state index is 2.74. The fraction of sp³-hybridized carbons (Fsp3) is 0.867. The molecule has 0 bridgehead atoms. The van der Waals surface area contributed by atoms with Crippen LogP contribution in [0.25, 0.3) is 0 Å². The highest BCUT2D eigenvalue weighted by Gasteiger charge is 2.58. The molecular weight excluding hydrogens is 360 g/mol. The van der Waals surface area contributed by atoms with Crippen LogP contribution in [0, 0.1) is 52.3 Å². The van der Waals surface area contributed by atoms with E-state index in [0.717, 1.165) is 41.4 Å². The second-order valence-electron chi connectivity index (χ2n) is 12.5. The molecule has 30 heavy (non-hydrogen) atoms. The van der Waals surface area contributed by atoms with E-state index in [2.05, 4.69) is 59.8 Å². The summed E-state index contributed by atoms with van der Waals surface area (Å²) < 4.78 is 0. The van der Waals surface area contributed by atoms with Gasteiger partial charge in [-0.05, 0) is 110 Å². The molecule has 0 heterocycles. The first-order valence-corrected chi connectivity index (χ1v) is 13.7. The molecule has 0 unspecified atom stereocenters. The Morgan fingerprint density at radius 1 is 1.03 bits per heavy atom. The van der Waals surface area contributed by atoms with Crippen molar-refractivity contribution < 1.29 is 0 Å². The standard InChI is InChI=1S/C30H50/c1-7-23(8-2)11-9-10-22(4)26-14-15-27-25-13-12-24-20-21(3)16-18-29(24,5)28(25)17-19-30(26,27)6/h9-10,12,21-23,25-28H,7-8,11,13-20H2,1-6H3/b10-9+/t21-,22+,25-,26+,27-,28-,29-,30+/m0/s1. The molecule has 3 saturated carbocycles. The van der Waals surface area contributed by atoms with Crippen LogP contribution in [-0.4, -0.2) is 0 Å². The Morgan fingerprint density at radius 3 is 2.53 bits per heavy atom. The minimum absolute atomic E-state index is 0.537. The lowest BCUT2D eigenvalue weighted by atomic mass is 9.46. The lowest BCUT2D eigenvalue weighted by Crippen LogP contribution is -2.50. The molecule has 0 aromatic carbocycles. The Labute approximate surface area is 188 Å². The van der Waals surface area contributed by atoms with Gasteiger partial charge in [0.15, 0.2) is 0 Å². The Bertz CT molecular complexity index is 651. The van der Waals surface area contributed by atoms with E-state index in [0.29, 0.717) is 10.8 Å². The average molecular weight is 411 g/mol. The van der Waals surface area contributed by atoms with Gasteiger partial charge in [0, 0.05) is 0 Å². The highest BCUT2D eigenvalue weighted by Crippen LogP contribution is 2.67. The summed E-state index contributed by atoms with van der Waals surface area (Å²) in [4.78, 5) is 0. The highest BCUT2D eigenvalue weighted by molar-refractivity contribution is 5.25. The lowest BCUT2D eigenvalue weighted by molar-refractivity contribution is -0.0486. The van der Waals surface area contributed by atoms with Gasteiger partial charge in [-0.2, -0.15) is 0 Å². The summed E-state index contributed by atoms with van der Waals surface area (Å²) >= 11 is 0. The molecule has 3 fully saturated rings. The first kappa shape index (κ1) is 22.7. The van der Waals surface area contributed by atoms with E-state index in [1.807, 2.05) is 5.57 Å². The predicted molar refractivity (Wildman–Crippen MR) is 131 cm³/mol. The number of fused-ring (bicyclic) bond motifs is 5. The molecule has 0 aromatic rings. The van der Waals surface area contributed by atoms with Gasteiger partial charge in [0.1, 0.15) is 0 Å². The Hall–Kier alpha value is -0.520. The molecule has 0 heteroatoms. The summed E-state index contributed by atoms with van der Waals surface area (Å²) in [6.45, 7) is 15.1. The molecule has 170 valence electrons. The fourth-order valence-electron chi connectivity index (χ4n) is 8.99. The van der Waals surface area contributed by atoms with Gasteiger partial charge in [0.2, 0.25) is 0 Å². The molecular formula is C30H50. The third kappa shape index (κ3) is 3.77. The Morgan fingerprint density at radius 2 is 1.80 bits per heavy atom. The van der Waals surface area contributed by atoms with Crippen molar-refractivity contribution in [3.05, 3.63) is 23.8 Å². The summed E-state index contributed by atoms with van der Waals surface area (Å²) in [5, 5.41) is 0. The van der Waals surface area contributed by atoms with Crippen molar-refractivity contribution in [2.45, 2.75) is 112 Å². The molecule has 8 atom stereocenters. The second kappa shape index (κ2) is 8.78. The quantitative estimate of drug-likeness (QED) is 0.383. The number of hydrogen-bond acceptors (Lipinski definition) is 0. The van der Waals surface area contributed by atoms with E-state index in [9.17, 15) is 0 Å². The first-order valence-electron chi connectivity index (χ1n) is 13.7. The van der Waals surface area contributed by atoms with Crippen LogP contribution in [0.15, 0.2) is 23.8 Å². The molecule has 4 aliphatic rings. The van der Waals surface area contributed by atoms with Crippen molar-refractivity contribution in [1.82, 2.24) is 0 Å². The number of allylic oxidation sites excluding steroid dienone is 4. The molecule has 0 N–H and O–H groups in total. The van der Waals surface area contributed by atoms with Crippen LogP contribution in [0.4, 0.5) is 0 Å². The SMILES string of the molecule is CCC(CC)C/C=C/[C@@H](C)[C@H]1CC[C@H]2[C@@H]3CC=C4C[C@@H](C)CC[C@]4(C)[C@H]3CC[C@]12C. The lowest BCUT2D eigenvalue weighted by Gasteiger charge is -2.58. The van der Waals surface area contributed by atoms with Crippen LogP contribution in [0.5, 0.6) is 0 Å². The number of hydrogen-bond donors (Lipinski definition) is 0. The normalized spacial score (nSPS) is 44.5. The third-order valence-corrected chi connectivity index (χ3v) is 11.1. The maximum Gasteiger partial charge on any atom is -0.00851 e. The van der Waals surface area contributed by atoms with Crippen LogP contribution < -0.4 is 0 Å². The van der Waals surface area contributed by atoms with Gasteiger partial charge in [-0.15, -0.1) is 0 Å². The van der Waals surface area contributed by atoms with Crippen LogP contribution in [0.2, 0.25) is 0 Å². The van der Waals surface area contributed by atoms with E-state index < -0.39 is 0 Å². The van der Waals surface area contributed by atoms with Gasteiger partial charge < -0.3 is 0 Å². The van der Waals surface area contributed by atoms with Crippen LogP contribution in [-0.2, 0) is 0 Å². The van der Waals surface area contributed by atoms with Crippen molar-refractivity contribution in [2.24, 2.45) is 52.3 Å². The highest BCUT2D eigenvalue weighted by atomic mass is 14.6. The van der Waals surface area contributed by atoms with Gasteiger partial charge >= 0.3 is 0 Å². The smallest absolute Gasteiger partial charge is 0.00851 e. The summed E-state index contributed by atoms with van der Waals surface area (Å²) in [5.41, 5.74) is 2.98. The van der Waals surface area contributed by atoms with Gasteiger partial charge in [-0.25, -0.2) is 0 Å². The zero-order valence-corrected chi connectivity index (χ0v) is 21.1. The molecule has 0 saturated heterocycles. The van der Waals surface area contributed by atoms with Crippen LogP contribution in [0.3, 0.4) is 0 Å². The molecule has 4 aliphatic carbocycles. The minimum Gasteiger partial charge on any atom is -0.0880 e. The molecule has 0 nitrogen and oxygen atoms in total.